The number of fused-ring (bicyclic) bond motifs is 1. The Morgan fingerprint density at radius 1 is 0.893 bits per heavy atom. The molecule has 28 heavy (non-hydrogen) atoms. The third-order valence-electron chi connectivity index (χ3n) is 5.37. The molecule has 8 nitrogen and oxygen atoms in total. The highest BCUT2D eigenvalue weighted by atomic mass is 15.4. The fraction of sp³-hybridized carbons (Fsp3) is 0.550. The summed E-state index contributed by atoms with van der Waals surface area (Å²) in [6.07, 6.45) is 1.57. The lowest BCUT2D eigenvalue weighted by molar-refractivity contribution is 0.561. The van der Waals surface area contributed by atoms with E-state index in [0.29, 0.717) is 5.78 Å². The van der Waals surface area contributed by atoms with Gasteiger partial charge >= 0.3 is 0 Å². The Kier molecular flexibility index (Phi) is 4.44. The van der Waals surface area contributed by atoms with Crippen molar-refractivity contribution in [3.63, 3.8) is 0 Å². The molecule has 0 bridgehead atoms. The number of piperazine rings is 1. The Morgan fingerprint density at radius 2 is 1.57 bits per heavy atom. The molecule has 148 valence electrons. The monoisotopic (exact) mass is 380 g/mol. The number of hydrogen-bond acceptors (Lipinski definition) is 7. The molecule has 3 aromatic rings. The van der Waals surface area contributed by atoms with Gasteiger partial charge in [-0.2, -0.15) is 14.6 Å². The van der Waals surface area contributed by atoms with Gasteiger partial charge < -0.3 is 9.80 Å². The number of anilines is 2. The SMILES string of the molecule is Cc1nc(N2CCN(c3c(C)c(C)nc4ncnn34)CC2)cc(C(C)(C)C)n1. The van der Waals surface area contributed by atoms with E-state index in [-0.39, 0.29) is 5.41 Å². The minimum atomic E-state index is 0.00858. The quantitative estimate of drug-likeness (QED) is 0.676. The van der Waals surface area contributed by atoms with Gasteiger partial charge in [0.1, 0.15) is 23.8 Å². The zero-order chi connectivity index (χ0) is 20.1. The molecule has 0 unspecified atom stereocenters. The zero-order valence-corrected chi connectivity index (χ0v) is 17.6. The van der Waals surface area contributed by atoms with Crippen molar-refractivity contribution < 1.29 is 0 Å². The van der Waals surface area contributed by atoms with Gasteiger partial charge in [-0.25, -0.2) is 15.0 Å². The van der Waals surface area contributed by atoms with Crippen molar-refractivity contribution in [3.05, 3.63) is 35.2 Å². The van der Waals surface area contributed by atoms with Crippen LogP contribution in [0.15, 0.2) is 12.4 Å². The summed E-state index contributed by atoms with van der Waals surface area (Å²) in [5.41, 5.74) is 3.25. The van der Waals surface area contributed by atoms with E-state index >= 15 is 0 Å². The van der Waals surface area contributed by atoms with Crippen LogP contribution in [-0.2, 0) is 5.41 Å². The highest BCUT2D eigenvalue weighted by molar-refractivity contribution is 5.55. The normalized spacial score (nSPS) is 15.5. The van der Waals surface area contributed by atoms with E-state index in [1.165, 1.54) is 0 Å². The van der Waals surface area contributed by atoms with Crippen molar-refractivity contribution in [2.24, 2.45) is 0 Å². The van der Waals surface area contributed by atoms with Crippen LogP contribution in [0.3, 0.4) is 0 Å². The Balaban J connectivity index is 1.59. The standard InChI is InChI=1S/C20H28N8/c1-13-14(2)23-19-21-12-22-28(19)18(13)27-9-7-26(8-10-27)17-11-16(20(4,5)6)24-15(3)25-17/h11-12H,7-10H2,1-6H3. The molecule has 1 aliphatic rings. The first-order valence-electron chi connectivity index (χ1n) is 9.77. The smallest absolute Gasteiger partial charge is 0.254 e. The molecular formula is C20H28N8. The van der Waals surface area contributed by atoms with Crippen molar-refractivity contribution in [1.29, 1.82) is 0 Å². The van der Waals surface area contributed by atoms with Crippen LogP contribution in [0.25, 0.3) is 5.78 Å². The van der Waals surface area contributed by atoms with Gasteiger partial charge in [0.05, 0.1) is 5.69 Å². The second kappa shape index (κ2) is 6.68. The van der Waals surface area contributed by atoms with E-state index in [2.05, 4.69) is 63.6 Å². The molecule has 0 amide bonds. The lowest BCUT2D eigenvalue weighted by Crippen LogP contribution is -2.48. The molecule has 0 aliphatic carbocycles. The fourth-order valence-corrected chi connectivity index (χ4v) is 3.63. The van der Waals surface area contributed by atoms with E-state index < -0.39 is 0 Å². The molecule has 8 heteroatoms. The van der Waals surface area contributed by atoms with Gasteiger partial charge in [-0.3, -0.25) is 0 Å². The maximum Gasteiger partial charge on any atom is 0.254 e. The van der Waals surface area contributed by atoms with Gasteiger partial charge in [-0.05, 0) is 20.8 Å². The molecule has 0 saturated carbocycles. The van der Waals surface area contributed by atoms with Crippen LogP contribution >= 0.6 is 0 Å². The molecule has 0 N–H and O–H groups in total. The predicted octanol–water partition coefficient (Wildman–Crippen LogP) is 2.46. The van der Waals surface area contributed by atoms with E-state index in [1.807, 2.05) is 18.4 Å². The van der Waals surface area contributed by atoms with Crippen molar-refractivity contribution in [2.45, 2.75) is 47.0 Å². The molecule has 0 atom stereocenters. The Labute approximate surface area is 165 Å². The Morgan fingerprint density at radius 3 is 2.25 bits per heavy atom. The van der Waals surface area contributed by atoms with Crippen LogP contribution in [0.2, 0.25) is 0 Å². The van der Waals surface area contributed by atoms with Crippen molar-refractivity contribution in [1.82, 2.24) is 29.5 Å². The highest BCUT2D eigenvalue weighted by Gasteiger charge is 2.25. The molecule has 0 radical (unpaired) electrons. The second-order valence-corrected chi connectivity index (χ2v) is 8.50. The average molecular weight is 381 g/mol. The van der Waals surface area contributed by atoms with Gasteiger partial charge in [0, 0.05) is 48.9 Å². The minimum Gasteiger partial charge on any atom is -0.353 e. The van der Waals surface area contributed by atoms with E-state index in [1.54, 1.807) is 6.33 Å². The van der Waals surface area contributed by atoms with E-state index in [9.17, 15) is 0 Å². The summed E-state index contributed by atoms with van der Waals surface area (Å²) in [6, 6.07) is 2.14. The van der Waals surface area contributed by atoms with E-state index in [0.717, 1.165) is 60.6 Å². The topological polar surface area (TPSA) is 75.3 Å². The predicted molar refractivity (Wildman–Crippen MR) is 110 cm³/mol. The molecule has 1 saturated heterocycles. The third kappa shape index (κ3) is 3.27. The van der Waals surface area contributed by atoms with Crippen molar-refractivity contribution in [2.75, 3.05) is 36.0 Å². The first-order chi connectivity index (χ1) is 13.2. The number of nitrogens with zero attached hydrogens (tertiary/aromatic N) is 8. The molecule has 1 fully saturated rings. The summed E-state index contributed by atoms with van der Waals surface area (Å²) in [5.74, 6) is 3.59. The number of aromatic nitrogens is 6. The average Bonchev–Trinajstić information content (AvgIpc) is 3.09. The van der Waals surface area contributed by atoms with Crippen LogP contribution in [0, 0.1) is 20.8 Å². The fourth-order valence-electron chi connectivity index (χ4n) is 3.63. The lowest BCUT2D eigenvalue weighted by Gasteiger charge is -2.37. The summed E-state index contributed by atoms with van der Waals surface area (Å²) in [6.45, 7) is 16.3. The molecule has 3 aromatic heterocycles. The molecule has 4 heterocycles. The molecule has 1 aliphatic heterocycles. The van der Waals surface area contributed by atoms with Crippen molar-refractivity contribution in [3.8, 4) is 0 Å². The number of rotatable bonds is 2. The van der Waals surface area contributed by atoms with E-state index in [4.69, 9.17) is 4.98 Å². The van der Waals surface area contributed by atoms with Gasteiger partial charge in [-0.1, -0.05) is 20.8 Å². The summed E-state index contributed by atoms with van der Waals surface area (Å²) < 4.78 is 1.85. The van der Waals surface area contributed by atoms with Crippen molar-refractivity contribution >= 4 is 17.4 Å². The summed E-state index contributed by atoms with van der Waals surface area (Å²) in [7, 11) is 0. The maximum absolute atomic E-state index is 4.70. The van der Waals surface area contributed by atoms with Crippen LogP contribution in [0.5, 0.6) is 0 Å². The number of hydrogen-bond donors (Lipinski definition) is 0. The Hall–Kier alpha value is -2.77. The lowest BCUT2D eigenvalue weighted by atomic mass is 9.92. The molecular weight excluding hydrogens is 352 g/mol. The third-order valence-corrected chi connectivity index (χ3v) is 5.37. The van der Waals surface area contributed by atoms with Gasteiger partial charge in [0.25, 0.3) is 5.78 Å². The Bertz CT molecular complexity index is 1010. The summed E-state index contributed by atoms with van der Waals surface area (Å²) >= 11 is 0. The van der Waals surface area contributed by atoms with Crippen LogP contribution in [0.1, 0.15) is 43.5 Å². The maximum atomic E-state index is 4.70. The number of aryl methyl sites for hydroxylation is 2. The summed E-state index contributed by atoms with van der Waals surface area (Å²) in [5, 5.41) is 4.39. The van der Waals surface area contributed by atoms with Gasteiger partial charge in [0.15, 0.2) is 0 Å². The zero-order valence-electron chi connectivity index (χ0n) is 17.6. The second-order valence-electron chi connectivity index (χ2n) is 8.50. The molecule has 0 aromatic carbocycles. The highest BCUT2D eigenvalue weighted by Crippen LogP contribution is 2.27. The van der Waals surface area contributed by atoms with Gasteiger partial charge in [0.2, 0.25) is 0 Å². The largest absolute Gasteiger partial charge is 0.353 e. The van der Waals surface area contributed by atoms with Crippen LogP contribution < -0.4 is 9.80 Å². The van der Waals surface area contributed by atoms with Crippen LogP contribution in [0.4, 0.5) is 11.6 Å². The minimum absolute atomic E-state index is 0.00858. The first-order valence-corrected chi connectivity index (χ1v) is 9.77. The molecule has 4 rings (SSSR count). The molecule has 0 spiro atoms. The van der Waals surface area contributed by atoms with Gasteiger partial charge in [-0.15, -0.1) is 0 Å². The van der Waals surface area contributed by atoms with Crippen LogP contribution in [-0.4, -0.2) is 55.7 Å². The summed E-state index contributed by atoms with van der Waals surface area (Å²) in [4.78, 5) is 22.9. The first kappa shape index (κ1) is 18.6.